The molecular weight excluding hydrogens is 400 g/mol. The summed E-state index contributed by atoms with van der Waals surface area (Å²) in [5.41, 5.74) is 7.71. The molecule has 8 heteroatoms. The molecule has 0 saturated carbocycles. The van der Waals surface area contributed by atoms with E-state index in [0.29, 0.717) is 10.8 Å². The van der Waals surface area contributed by atoms with Gasteiger partial charge in [0, 0.05) is 27.6 Å². The molecule has 5 nitrogen and oxygen atoms in total. The van der Waals surface area contributed by atoms with Crippen LogP contribution in [0, 0.1) is 0 Å². The lowest BCUT2D eigenvalue weighted by Gasteiger charge is -2.15. The maximum absolute atomic E-state index is 12.5. The van der Waals surface area contributed by atoms with Gasteiger partial charge in [-0.15, -0.1) is 23.7 Å². The van der Waals surface area contributed by atoms with Crippen molar-refractivity contribution in [1.82, 2.24) is 9.55 Å². The van der Waals surface area contributed by atoms with Gasteiger partial charge in [-0.05, 0) is 55.1 Å². The Morgan fingerprint density at radius 1 is 1.57 bits per heavy atom. The number of anilines is 1. The number of fused-ring (bicyclic) bond motifs is 1. The molecule has 0 unspecified atom stereocenters. The van der Waals surface area contributed by atoms with Crippen LogP contribution < -0.4 is 11.1 Å². The van der Waals surface area contributed by atoms with Gasteiger partial charge in [0.15, 0.2) is 5.13 Å². The summed E-state index contributed by atoms with van der Waals surface area (Å²) >= 11 is 4.97. The topological polar surface area (TPSA) is 72.9 Å². The highest BCUT2D eigenvalue weighted by molar-refractivity contribution is 9.10. The Morgan fingerprint density at radius 2 is 2.30 bits per heavy atom. The highest BCUT2D eigenvalue weighted by atomic mass is 79.9. The van der Waals surface area contributed by atoms with Crippen LogP contribution in [0.2, 0.25) is 0 Å². The molecule has 3 N–H and O–H groups in total. The molecule has 126 valence electrons. The van der Waals surface area contributed by atoms with E-state index >= 15 is 0 Å². The molecule has 0 aromatic carbocycles. The van der Waals surface area contributed by atoms with E-state index < -0.39 is 0 Å². The fourth-order valence-corrected chi connectivity index (χ4v) is 4.20. The monoisotopic (exact) mass is 418 g/mol. The van der Waals surface area contributed by atoms with Gasteiger partial charge in [0.2, 0.25) is 0 Å². The fourth-order valence-electron chi connectivity index (χ4n) is 2.67. The number of carbonyl (C=O) groups excluding carboxylic acids is 1. The first-order valence-electron chi connectivity index (χ1n) is 7.37. The zero-order chi connectivity index (χ0) is 15.9. The average molecular weight is 420 g/mol. The van der Waals surface area contributed by atoms with Crippen molar-refractivity contribution < 1.29 is 4.79 Å². The van der Waals surface area contributed by atoms with Gasteiger partial charge in [0.05, 0.1) is 5.69 Å². The van der Waals surface area contributed by atoms with Crippen molar-refractivity contribution in [2.75, 3.05) is 5.32 Å². The molecule has 0 saturated heterocycles. The van der Waals surface area contributed by atoms with Crippen molar-refractivity contribution in [3.63, 3.8) is 0 Å². The first kappa shape index (κ1) is 18.4. The zero-order valence-corrected chi connectivity index (χ0v) is 16.2. The highest BCUT2D eigenvalue weighted by Gasteiger charge is 2.22. The Kier molecular flexibility index (Phi) is 5.89. The maximum Gasteiger partial charge on any atom is 0.274 e. The van der Waals surface area contributed by atoms with E-state index in [-0.39, 0.29) is 30.4 Å². The molecule has 3 rings (SSSR count). The first-order valence-corrected chi connectivity index (χ1v) is 8.98. The van der Waals surface area contributed by atoms with E-state index in [0.717, 1.165) is 29.4 Å². The maximum atomic E-state index is 12.5. The van der Waals surface area contributed by atoms with Crippen molar-refractivity contribution in [3.8, 4) is 0 Å². The molecule has 23 heavy (non-hydrogen) atoms. The van der Waals surface area contributed by atoms with Gasteiger partial charge in [0.25, 0.3) is 5.91 Å². The number of aryl methyl sites for hydroxylation is 1. The van der Waals surface area contributed by atoms with E-state index in [1.54, 1.807) is 0 Å². The minimum Gasteiger partial charge on any atom is -0.340 e. The normalized spacial score (nSPS) is 16.8. The number of nitrogens with zero attached hydrogens (tertiary/aromatic N) is 2. The smallest absolute Gasteiger partial charge is 0.274 e. The Labute approximate surface area is 154 Å². The molecule has 0 aliphatic heterocycles. The molecule has 2 heterocycles. The van der Waals surface area contributed by atoms with E-state index in [4.69, 9.17) is 5.73 Å². The summed E-state index contributed by atoms with van der Waals surface area (Å²) < 4.78 is 2.85. The minimum absolute atomic E-state index is 0. The average Bonchev–Trinajstić information content (AvgIpc) is 3.01. The lowest BCUT2D eigenvalue weighted by Crippen LogP contribution is -2.27. The van der Waals surface area contributed by atoms with Gasteiger partial charge < -0.3 is 10.3 Å². The Bertz CT molecular complexity index is 712. The summed E-state index contributed by atoms with van der Waals surface area (Å²) in [6.45, 7) is 4.10. The molecule has 0 fully saturated rings. The molecule has 1 aliphatic rings. The van der Waals surface area contributed by atoms with Gasteiger partial charge >= 0.3 is 0 Å². The van der Waals surface area contributed by atoms with E-state index in [2.05, 4.69) is 26.2 Å². The van der Waals surface area contributed by atoms with Gasteiger partial charge in [-0.2, -0.15) is 0 Å². The third-order valence-electron chi connectivity index (χ3n) is 3.80. The quantitative estimate of drug-likeness (QED) is 0.795. The van der Waals surface area contributed by atoms with Crippen LogP contribution in [0.1, 0.15) is 47.4 Å². The second-order valence-corrected chi connectivity index (χ2v) is 7.89. The van der Waals surface area contributed by atoms with Crippen LogP contribution in [0.3, 0.4) is 0 Å². The third kappa shape index (κ3) is 3.96. The summed E-state index contributed by atoms with van der Waals surface area (Å²) in [7, 11) is 0. The summed E-state index contributed by atoms with van der Waals surface area (Å²) in [4.78, 5) is 18.3. The fraction of sp³-hybridized carbons (Fsp3) is 0.467. The number of nitrogens with one attached hydrogen (secondary N) is 1. The molecule has 2 aromatic rings. The van der Waals surface area contributed by atoms with Crippen LogP contribution in [-0.4, -0.2) is 21.5 Å². The number of thiazole rings is 1. The summed E-state index contributed by atoms with van der Waals surface area (Å²) in [5.74, 6) is -0.130. The number of amides is 1. The number of nitrogens with two attached hydrogens (primary N) is 1. The van der Waals surface area contributed by atoms with Crippen molar-refractivity contribution in [2.45, 2.75) is 45.2 Å². The lowest BCUT2D eigenvalue weighted by molar-refractivity contribution is 0.101. The van der Waals surface area contributed by atoms with E-state index in [9.17, 15) is 4.79 Å². The van der Waals surface area contributed by atoms with Crippen LogP contribution in [0.4, 0.5) is 5.13 Å². The molecule has 1 amide bonds. The van der Waals surface area contributed by atoms with Gasteiger partial charge in [-0.1, -0.05) is 0 Å². The van der Waals surface area contributed by atoms with E-state index in [1.807, 2.05) is 30.7 Å². The minimum atomic E-state index is -0.130. The van der Waals surface area contributed by atoms with Crippen molar-refractivity contribution in [2.24, 2.45) is 5.73 Å². The van der Waals surface area contributed by atoms with E-state index in [1.165, 1.54) is 16.2 Å². The molecular formula is C15H20BrClN4OS. The molecule has 2 aromatic heterocycles. The number of halogens is 2. The van der Waals surface area contributed by atoms with Gasteiger partial charge in [-0.25, -0.2) is 4.98 Å². The van der Waals surface area contributed by atoms with Gasteiger partial charge in [0.1, 0.15) is 5.69 Å². The molecule has 0 bridgehead atoms. The molecule has 0 radical (unpaired) electrons. The predicted octanol–water partition coefficient (Wildman–Crippen LogP) is 3.78. The Balaban J connectivity index is 0.00000192. The second kappa shape index (κ2) is 7.34. The summed E-state index contributed by atoms with van der Waals surface area (Å²) in [6, 6.07) is 2.26. The SMILES string of the molecule is CC(C)n1cc(Br)cc1C(=O)Nc1nc2c(s1)C[C@@H](N)CC2.Cl. The standard InChI is InChI=1S/C15H19BrN4OS.ClH/c1-8(2)20-7-9(16)5-12(20)14(21)19-15-18-11-4-3-10(17)6-13(11)22-15;/h5,7-8,10H,3-4,6,17H2,1-2H3,(H,18,19,21);1H/t10-;/m0./s1. The highest BCUT2D eigenvalue weighted by Crippen LogP contribution is 2.30. The van der Waals surface area contributed by atoms with Crippen LogP contribution in [-0.2, 0) is 12.8 Å². The Morgan fingerprint density at radius 3 is 3.00 bits per heavy atom. The van der Waals surface area contributed by atoms with Crippen molar-refractivity contribution in [3.05, 3.63) is 33.0 Å². The molecule has 1 aliphatic carbocycles. The number of hydrogen-bond donors (Lipinski definition) is 2. The molecule has 0 spiro atoms. The van der Waals surface area contributed by atoms with Gasteiger partial charge in [-0.3, -0.25) is 10.1 Å². The third-order valence-corrected chi connectivity index (χ3v) is 5.27. The Hall–Kier alpha value is -0.890. The first-order chi connectivity index (χ1) is 10.4. The second-order valence-electron chi connectivity index (χ2n) is 5.89. The number of aromatic nitrogens is 2. The van der Waals surface area contributed by atoms with Crippen LogP contribution in [0.25, 0.3) is 0 Å². The van der Waals surface area contributed by atoms with Crippen LogP contribution in [0.5, 0.6) is 0 Å². The number of rotatable bonds is 3. The van der Waals surface area contributed by atoms with Crippen LogP contribution >= 0.6 is 39.7 Å². The van der Waals surface area contributed by atoms with Crippen molar-refractivity contribution >= 4 is 50.7 Å². The zero-order valence-electron chi connectivity index (χ0n) is 13.0. The van der Waals surface area contributed by atoms with Crippen LogP contribution in [0.15, 0.2) is 16.7 Å². The predicted molar refractivity (Wildman–Crippen MR) is 99.8 cm³/mol. The summed E-state index contributed by atoms with van der Waals surface area (Å²) in [5, 5.41) is 3.59. The number of hydrogen-bond acceptors (Lipinski definition) is 4. The van der Waals surface area contributed by atoms with Crippen molar-refractivity contribution in [1.29, 1.82) is 0 Å². The lowest BCUT2D eigenvalue weighted by atomic mass is 9.99. The molecule has 1 atom stereocenters. The summed E-state index contributed by atoms with van der Waals surface area (Å²) in [6.07, 6.45) is 4.65. The largest absolute Gasteiger partial charge is 0.340 e. The number of carbonyl (C=O) groups is 1.